The van der Waals surface area contributed by atoms with Crippen molar-refractivity contribution in [1.29, 1.82) is 0 Å². The van der Waals surface area contributed by atoms with E-state index in [4.69, 9.17) is 4.74 Å². The molecule has 4 rings (SSSR count). The third-order valence-corrected chi connectivity index (χ3v) is 5.81. The number of benzene rings is 1. The normalized spacial score (nSPS) is 29.4. The average molecular weight is 332 g/mol. The van der Waals surface area contributed by atoms with Crippen LogP contribution in [0.25, 0.3) is 0 Å². The first-order chi connectivity index (χ1) is 11.7. The van der Waals surface area contributed by atoms with Crippen molar-refractivity contribution in [3.05, 3.63) is 35.6 Å². The van der Waals surface area contributed by atoms with Crippen molar-refractivity contribution in [2.24, 2.45) is 0 Å². The summed E-state index contributed by atoms with van der Waals surface area (Å²) >= 11 is 0. The molecule has 1 saturated carbocycles. The number of carbonyl (C=O) groups excluding carboxylic acids is 1. The van der Waals surface area contributed by atoms with Gasteiger partial charge < -0.3 is 10.1 Å². The van der Waals surface area contributed by atoms with Gasteiger partial charge in [-0.15, -0.1) is 0 Å². The lowest BCUT2D eigenvalue weighted by atomic mass is 9.94. The van der Waals surface area contributed by atoms with Crippen LogP contribution in [0.2, 0.25) is 0 Å². The molecular weight excluding hydrogens is 307 g/mol. The van der Waals surface area contributed by atoms with Crippen molar-refractivity contribution in [3.8, 4) is 0 Å². The highest BCUT2D eigenvalue weighted by atomic mass is 19.1. The Kier molecular flexibility index (Phi) is 4.31. The Morgan fingerprint density at radius 3 is 2.50 bits per heavy atom. The number of ether oxygens (including phenoxy) is 1. The Labute approximate surface area is 142 Å². The average Bonchev–Trinajstić information content (AvgIpc) is 3.30. The van der Waals surface area contributed by atoms with E-state index in [1.54, 1.807) is 12.1 Å². The van der Waals surface area contributed by atoms with E-state index in [2.05, 4.69) is 10.2 Å². The first-order valence-electron chi connectivity index (χ1n) is 9.08. The third-order valence-electron chi connectivity index (χ3n) is 5.81. The molecule has 1 aromatic rings. The quantitative estimate of drug-likeness (QED) is 0.919. The summed E-state index contributed by atoms with van der Waals surface area (Å²) in [6.07, 6.45) is 5.45. The van der Waals surface area contributed by atoms with E-state index in [0.717, 1.165) is 31.5 Å². The van der Waals surface area contributed by atoms with Crippen molar-refractivity contribution in [2.75, 3.05) is 26.3 Å². The summed E-state index contributed by atoms with van der Waals surface area (Å²) in [5.74, 6) is -0.184. The number of halogens is 1. The van der Waals surface area contributed by atoms with Gasteiger partial charge >= 0.3 is 0 Å². The number of amides is 1. The molecule has 3 aliphatic rings. The number of likely N-dealkylation sites (tertiary alicyclic amines) is 1. The molecule has 5 heteroatoms. The molecule has 1 N–H and O–H groups in total. The summed E-state index contributed by atoms with van der Waals surface area (Å²) in [4.78, 5) is 15.4. The number of piperidine rings is 1. The second-order valence-corrected chi connectivity index (χ2v) is 7.37. The molecule has 24 heavy (non-hydrogen) atoms. The van der Waals surface area contributed by atoms with Gasteiger partial charge in [-0.05, 0) is 56.5 Å². The highest BCUT2D eigenvalue weighted by Crippen LogP contribution is 2.48. The Morgan fingerprint density at radius 1 is 1.12 bits per heavy atom. The molecule has 0 spiro atoms. The maximum atomic E-state index is 13.2. The Morgan fingerprint density at radius 2 is 1.83 bits per heavy atom. The molecule has 0 radical (unpaired) electrons. The molecule has 1 amide bonds. The first-order valence-corrected chi connectivity index (χ1v) is 9.08. The molecular formula is C19H25FN2O2. The molecule has 2 saturated heterocycles. The van der Waals surface area contributed by atoms with Crippen molar-refractivity contribution < 1.29 is 13.9 Å². The lowest BCUT2D eigenvalue weighted by molar-refractivity contribution is -0.124. The Balaban J connectivity index is 1.44. The zero-order valence-electron chi connectivity index (χ0n) is 14.0. The summed E-state index contributed by atoms with van der Waals surface area (Å²) in [7, 11) is 0. The lowest BCUT2D eigenvalue weighted by Crippen LogP contribution is -2.54. The maximum Gasteiger partial charge on any atom is 0.231 e. The van der Waals surface area contributed by atoms with Gasteiger partial charge in [-0.1, -0.05) is 18.6 Å². The Hall–Kier alpha value is -1.46. The van der Waals surface area contributed by atoms with Gasteiger partial charge in [0.05, 0.1) is 30.7 Å². The molecule has 2 aliphatic heterocycles. The van der Waals surface area contributed by atoms with E-state index >= 15 is 0 Å². The number of hydrogen-bond donors (Lipinski definition) is 1. The smallest absolute Gasteiger partial charge is 0.231 e. The predicted octanol–water partition coefficient (Wildman–Crippen LogP) is 2.23. The van der Waals surface area contributed by atoms with Crippen LogP contribution >= 0.6 is 0 Å². The van der Waals surface area contributed by atoms with Crippen molar-refractivity contribution in [3.63, 3.8) is 0 Å². The molecule has 4 nitrogen and oxygen atoms in total. The summed E-state index contributed by atoms with van der Waals surface area (Å²) in [6, 6.07) is 6.73. The molecule has 0 aromatic heterocycles. The second kappa shape index (κ2) is 6.45. The van der Waals surface area contributed by atoms with Crippen LogP contribution in [0.15, 0.2) is 24.3 Å². The highest BCUT2D eigenvalue weighted by Gasteiger charge is 2.52. The number of rotatable bonds is 4. The van der Waals surface area contributed by atoms with Gasteiger partial charge in [0, 0.05) is 0 Å². The third kappa shape index (κ3) is 2.95. The largest absolute Gasteiger partial charge is 0.378 e. The van der Waals surface area contributed by atoms with Gasteiger partial charge in [0.1, 0.15) is 5.82 Å². The van der Waals surface area contributed by atoms with Crippen LogP contribution in [0.5, 0.6) is 0 Å². The van der Waals surface area contributed by atoms with Crippen LogP contribution in [0.1, 0.15) is 37.7 Å². The van der Waals surface area contributed by atoms with E-state index < -0.39 is 5.41 Å². The lowest BCUT2D eigenvalue weighted by Gasteiger charge is -2.35. The topological polar surface area (TPSA) is 41.6 Å². The highest BCUT2D eigenvalue weighted by molar-refractivity contribution is 5.91. The van der Waals surface area contributed by atoms with Crippen LogP contribution in [0, 0.1) is 5.82 Å². The van der Waals surface area contributed by atoms with Gasteiger partial charge in [0.15, 0.2) is 0 Å². The standard InChI is InChI=1S/C19H25FN2O2/c20-15-6-4-14(5-7-15)19(8-9-19)18(23)21-16-12-24-13-17(16)22-10-2-1-3-11-22/h4-7,16-17H,1-3,8-13H2,(H,21,23)/t16-,17-/m0/s1. The number of nitrogens with zero attached hydrogens (tertiary/aromatic N) is 1. The summed E-state index contributed by atoms with van der Waals surface area (Å²) in [6.45, 7) is 3.49. The van der Waals surface area contributed by atoms with Crippen LogP contribution in [0.4, 0.5) is 4.39 Å². The van der Waals surface area contributed by atoms with Crippen LogP contribution in [0.3, 0.4) is 0 Å². The minimum Gasteiger partial charge on any atom is -0.378 e. The molecule has 1 aliphatic carbocycles. The molecule has 1 aromatic carbocycles. The minimum atomic E-state index is -0.456. The van der Waals surface area contributed by atoms with Gasteiger partial charge in [-0.25, -0.2) is 4.39 Å². The fourth-order valence-corrected chi connectivity index (χ4v) is 4.14. The van der Waals surface area contributed by atoms with E-state index in [1.807, 2.05) is 0 Å². The minimum absolute atomic E-state index is 0.0634. The van der Waals surface area contributed by atoms with Gasteiger partial charge in [0.25, 0.3) is 0 Å². The summed E-state index contributed by atoms with van der Waals surface area (Å²) < 4.78 is 18.8. The zero-order valence-corrected chi connectivity index (χ0v) is 14.0. The molecule has 0 unspecified atom stereocenters. The van der Waals surface area contributed by atoms with E-state index in [0.29, 0.717) is 19.3 Å². The molecule has 2 heterocycles. The van der Waals surface area contributed by atoms with Gasteiger partial charge in [-0.3, -0.25) is 9.69 Å². The second-order valence-electron chi connectivity index (χ2n) is 7.37. The van der Waals surface area contributed by atoms with Crippen LogP contribution in [-0.4, -0.2) is 49.2 Å². The first kappa shape index (κ1) is 16.0. The summed E-state index contributed by atoms with van der Waals surface area (Å²) in [5.41, 5.74) is 0.470. The molecule has 3 fully saturated rings. The summed E-state index contributed by atoms with van der Waals surface area (Å²) in [5, 5.41) is 3.24. The number of nitrogens with one attached hydrogen (secondary N) is 1. The van der Waals surface area contributed by atoms with E-state index in [-0.39, 0.29) is 17.8 Å². The number of carbonyl (C=O) groups is 1. The van der Waals surface area contributed by atoms with Crippen LogP contribution < -0.4 is 5.32 Å². The zero-order chi connectivity index (χ0) is 16.6. The fourth-order valence-electron chi connectivity index (χ4n) is 4.14. The van der Waals surface area contributed by atoms with Gasteiger partial charge in [-0.2, -0.15) is 0 Å². The predicted molar refractivity (Wildman–Crippen MR) is 89.3 cm³/mol. The molecule has 130 valence electrons. The van der Waals surface area contributed by atoms with Crippen LogP contribution in [-0.2, 0) is 14.9 Å². The molecule has 0 bridgehead atoms. The van der Waals surface area contributed by atoms with E-state index in [1.165, 1.54) is 31.4 Å². The van der Waals surface area contributed by atoms with Crippen molar-refractivity contribution in [2.45, 2.75) is 49.6 Å². The fraction of sp³-hybridized carbons (Fsp3) is 0.632. The number of hydrogen-bond acceptors (Lipinski definition) is 3. The Bertz CT molecular complexity index is 594. The molecule has 2 atom stereocenters. The SMILES string of the molecule is O=C(N[C@H]1COC[C@@H]1N1CCCCC1)C1(c2ccc(F)cc2)CC1. The van der Waals surface area contributed by atoms with Crippen molar-refractivity contribution >= 4 is 5.91 Å². The monoisotopic (exact) mass is 332 g/mol. The van der Waals surface area contributed by atoms with Crippen molar-refractivity contribution in [1.82, 2.24) is 10.2 Å². The maximum absolute atomic E-state index is 13.2. The van der Waals surface area contributed by atoms with Gasteiger partial charge in [0.2, 0.25) is 5.91 Å². The van der Waals surface area contributed by atoms with E-state index in [9.17, 15) is 9.18 Å².